The number of ether oxygens (including phenoxy) is 1. The molecule has 22 heavy (non-hydrogen) atoms. The van der Waals surface area contributed by atoms with Crippen molar-refractivity contribution < 1.29 is 36.8 Å². The number of urea groups is 1. The molecule has 0 unspecified atom stereocenters. The minimum Gasteiger partial charge on any atom is -0.452 e. The van der Waals surface area contributed by atoms with Crippen LogP contribution >= 0.6 is 0 Å². The van der Waals surface area contributed by atoms with E-state index >= 15 is 0 Å². The van der Waals surface area contributed by atoms with E-state index in [0.29, 0.717) is 0 Å². The Labute approximate surface area is 120 Å². The number of hydrogen-bond acceptors (Lipinski definition) is 7. The highest BCUT2D eigenvalue weighted by Crippen LogP contribution is 2.16. The summed E-state index contributed by atoms with van der Waals surface area (Å²) in [6, 6.07) is -1.38. The highest BCUT2D eigenvalue weighted by molar-refractivity contribution is 5.98. The van der Waals surface area contributed by atoms with Crippen molar-refractivity contribution >= 4 is 23.8 Å². The molecule has 0 aliphatic heterocycles. The zero-order valence-electron chi connectivity index (χ0n) is 11.1. The number of rotatable bonds is 4. The third-order valence-corrected chi connectivity index (χ3v) is 2.13. The topological polar surface area (TPSA) is 137 Å². The van der Waals surface area contributed by atoms with Crippen molar-refractivity contribution in [2.75, 3.05) is 18.9 Å². The minimum absolute atomic E-state index is 0.130. The van der Waals surface area contributed by atoms with Crippen molar-refractivity contribution in [3.63, 3.8) is 0 Å². The maximum atomic E-state index is 11.8. The van der Waals surface area contributed by atoms with E-state index in [1.54, 1.807) is 5.32 Å². The van der Waals surface area contributed by atoms with Crippen LogP contribution in [0.1, 0.15) is 16.1 Å². The van der Waals surface area contributed by atoms with Crippen LogP contribution in [-0.2, 0) is 9.53 Å². The van der Waals surface area contributed by atoms with Crippen LogP contribution in [0.5, 0.6) is 0 Å². The number of alkyl halides is 3. The first kappa shape index (κ1) is 17.3. The van der Waals surface area contributed by atoms with Gasteiger partial charge >= 0.3 is 18.2 Å². The Morgan fingerprint density at radius 2 is 2.00 bits per heavy atom. The van der Waals surface area contributed by atoms with Gasteiger partial charge in [-0.1, -0.05) is 5.16 Å². The van der Waals surface area contributed by atoms with Gasteiger partial charge in [-0.25, -0.2) is 9.59 Å². The number of nitrogens with one attached hydrogen (secondary N) is 2. The molecule has 1 heterocycles. The molecule has 0 aliphatic rings. The highest BCUT2D eigenvalue weighted by Gasteiger charge is 2.28. The Balaban J connectivity index is 2.40. The molecule has 0 radical (unpaired) electrons. The van der Waals surface area contributed by atoms with Crippen LogP contribution in [-0.4, -0.2) is 42.4 Å². The molecule has 3 amide bonds. The molecule has 0 saturated heterocycles. The maximum absolute atomic E-state index is 11.8. The van der Waals surface area contributed by atoms with Gasteiger partial charge in [-0.2, -0.15) is 13.2 Å². The fourth-order valence-electron chi connectivity index (χ4n) is 1.23. The van der Waals surface area contributed by atoms with E-state index in [0.717, 1.165) is 0 Å². The maximum Gasteiger partial charge on any atom is 0.405 e. The molecular formula is C10H11F3N4O5. The summed E-state index contributed by atoms with van der Waals surface area (Å²) in [4.78, 5) is 33.7. The number of esters is 1. The van der Waals surface area contributed by atoms with Gasteiger partial charge in [0.05, 0.1) is 5.69 Å². The Bertz CT molecular complexity index is 564. The van der Waals surface area contributed by atoms with Crippen LogP contribution in [0.2, 0.25) is 0 Å². The van der Waals surface area contributed by atoms with Gasteiger partial charge in [0.25, 0.3) is 5.91 Å². The molecule has 12 heteroatoms. The summed E-state index contributed by atoms with van der Waals surface area (Å²) >= 11 is 0. The Morgan fingerprint density at radius 1 is 1.36 bits per heavy atom. The third kappa shape index (κ3) is 5.30. The van der Waals surface area contributed by atoms with Gasteiger partial charge in [0.2, 0.25) is 5.88 Å². The average Bonchev–Trinajstić information content (AvgIpc) is 2.72. The van der Waals surface area contributed by atoms with Crippen LogP contribution in [0.15, 0.2) is 4.52 Å². The standard InChI is InChI=1S/C10H11F3N4O5/c1-4-6(7(14)22-17-4)8(19)21-2-5(18)16-9(20)15-3-10(11,12)13/h2-3,14H2,1H3,(H2,15,16,18,20). The van der Waals surface area contributed by atoms with Gasteiger partial charge < -0.3 is 20.3 Å². The van der Waals surface area contributed by atoms with Crippen LogP contribution in [0.4, 0.5) is 23.8 Å². The van der Waals surface area contributed by atoms with Gasteiger partial charge in [0, 0.05) is 0 Å². The van der Waals surface area contributed by atoms with E-state index in [9.17, 15) is 27.6 Å². The lowest BCUT2D eigenvalue weighted by atomic mass is 10.2. The van der Waals surface area contributed by atoms with Crippen LogP contribution in [0, 0.1) is 6.92 Å². The Kier molecular flexibility index (Phi) is 5.32. The second-order valence-electron chi connectivity index (χ2n) is 3.93. The van der Waals surface area contributed by atoms with Gasteiger partial charge in [-0.05, 0) is 6.92 Å². The molecule has 0 saturated carbocycles. The number of amides is 3. The highest BCUT2D eigenvalue weighted by atomic mass is 19.4. The number of halogens is 3. The molecule has 0 aromatic carbocycles. The van der Waals surface area contributed by atoms with E-state index in [4.69, 9.17) is 5.73 Å². The molecule has 0 atom stereocenters. The number of nitrogen functional groups attached to an aromatic ring is 1. The van der Waals surface area contributed by atoms with Gasteiger partial charge in [0.1, 0.15) is 12.1 Å². The number of hydrogen-bond donors (Lipinski definition) is 3. The zero-order valence-corrected chi connectivity index (χ0v) is 11.1. The smallest absolute Gasteiger partial charge is 0.405 e. The lowest BCUT2D eigenvalue weighted by molar-refractivity contribution is -0.125. The van der Waals surface area contributed by atoms with Crippen molar-refractivity contribution in [1.29, 1.82) is 0 Å². The second-order valence-corrected chi connectivity index (χ2v) is 3.93. The number of nitrogens with two attached hydrogens (primary N) is 1. The quantitative estimate of drug-likeness (QED) is 0.668. The van der Waals surface area contributed by atoms with Crippen LogP contribution in [0.25, 0.3) is 0 Å². The zero-order chi connectivity index (χ0) is 16.9. The van der Waals surface area contributed by atoms with E-state index in [-0.39, 0.29) is 17.1 Å². The summed E-state index contributed by atoms with van der Waals surface area (Å²) in [5.74, 6) is -2.46. The molecule has 1 aromatic rings. The van der Waals surface area contributed by atoms with Crippen LogP contribution < -0.4 is 16.4 Å². The van der Waals surface area contributed by atoms with Gasteiger partial charge in [0.15, 0.2) is 6.61 Å². The molecule has 1 rings (SSSR count). The number of aromatic nitrogens is 1. The molecule has 0 aliphatic carbocycles. The van der Waals surface area contributed by atoms with E-state index in [1.165, 1.54) is 12.2 Å². The molecule has 1 aromatic heterocycles. The predicted molar refractivity (Wildman–Crippen MR) is 63.5 cm³/mol. The molecule has 122 valence electrons. The fourth-order valence-corrected chi connectivity index (χ4v) is 1.23. The fraction of sp³-hybridized carbons (Fsp3) is 0.400. The lowest BCUT2D eigenvalue weighted by Gasteiger charge is -2.09. The Morgan fingerprint density at radius 3 is 2.50 bits per heavy atom. The largest absolute Gasteiger partial charge is 0.452 e. The van der Waals surface area contributed by atoms with E-state index in [1.807, 2.05) is 0 Å². The number of carbonyl (C=O) groups excluding carboxylic acids is 3. The van der Waals surface area contributed by atoms with Gasteiger partial charge in [-0.3, -0.25) is 10.1 Å². The molecule has 0 bridgehead atoms. The molecular weight excluding hydrogens is 313 g/mol. The number of carbonyl (C=O) groups is 3. The SMILES string of the molecule is Cc1noc(N)c1C(=O)OCC(=O)NC(=O)NCC(F)(F)F. The first-order valence-electron chi connectivity index (χ1n) is 5.63. The van der Waals surface area contributed by atoms with Crippen molar-refractivity contribution in [2.45, 2.75) is 13.1 Å². The normalized spacial score (nSPS) is 10.9. The lowest BCUT2D eigenvalue weighted by Crippen LogP contribution is -2.44. The monoisotopic (exact) mass is 324 g/mol. The third-order valence-electron chi connectivity index (χ3n) is 2.13. The molecule has 0 fully saturated rings. The van der Waals surface area contributed by atoms with Crippen LogP contribution in [0.3, 0.4) is 0 Å². The van der Waals surface area contributed by atoms with Gasteiger partial charge in [-0.15, -0.1) is 0 Å². The minimum atomic E-state index is -4.61. The Hall–Kier alpha value is -2.79. The average molecular weight is 324 g/mol. The molecule has 4 N–H and O–H groups in total. The summed E-state index contributed by atoms with van der Waals surface area (Å²) in [6.07, 6.45) is -4.61. The summed E-state index contributed by atoms with van der Waals surface area (Å²) in [5.41, 5.74) is 5.25. The first-order valence-corrected chi connectivity index (χ1v) is 5.63. The molecule has 9 nitrogen and oxygen atoms in total. The van der Waals surface area contributed by atoms with E-state index in [2.05, 4.69) is 14.4 Å². The summed E-state index contributed by atoms with van der Waals surface area (Å²) < 4.78 is 44.5. The molecule has 0 spiro atoms. The predicted octanol–water partition coefficient (Wildman–Crippen LogP) is 0.110. The van der Waals surface area contributed by atoms with Crippen molar-refractivity contribution in [2.24, 2.45) is 0 Å². The van der Waals surface area contributed by atoms with Crippen molar-refractivity contribution in [1.82, 2.24) is 15.8 Å². The number of aryl methyl sites for hydroxylation is 1. The van der Waals surface area contributed by atoms with E-state index < -0.39 is 37.2 Å². The van der Waals surface area contributed by atoms with Crippen molar-refractivity contribution in [3.05, 3.63) is 11.3 Å². The summed E-state index contributed by atoms with van der Waals surface area (Å²) in [7, 11) is 0. The summed E-state index contributed by atoms with van der Waals surface area (Å²) in [5, 5.41) is 6.34. The van der Waals surface area contributed by atoms with Crippen molar-refractivity contribution in [3.8, 4) is 0 Å². The second kappa shape index (κ2) is 6.78. The number of imide groups is 1. The summed E-state index contributed by atoms with van der Waals surface area (Å²) in [6.45, 7) is -1.11. The first-order chi connectivity index (χ1) is 10.1. The number of nitrogens with zero attached hydrogens (tertiary/aromatic N) is 1. The number of anilines is 1.